The highest BCUT2D eigenvalue weighted by molar-refractivity contribution is 6.55. The molecule has 9 heteroatoms. The summed E-state index contributed by atoms with van der Waals surface area (Å²) >= 11 is 0. The van der Waals surface area contributed by atoms with Gasteiger partial charge in [0.25, 0.3) is 0 Å². The van der Waals surface area contributed by atoms with Crippen molar-refractivity contribution < 1.29 is 23.2 Å². The fraction of sp³-hybridized carbons (Fsp3) is 0.900. The molecule has 0 aromatic carbocycles. The maximum Gasteiger partial charge on any atom is 0.408 e. The molecular weight excluding hydrogens is 404 g/mol. The third kappa shape index (κ3) is 7.38. The zero-order valence-corrected chi connectivity index (χ0v) is 22.7. The lowest BCUT2D eigenvalue weighted by molar-refractivity contribution is -0.172. The van der Waals surface area contributed by atoms with Crippen LogP contribution < -0.4 is 10.6 Å². The second-order valence-corrected chi connectivity index (χ2v) is 17.9. The number of ether oxygens (including phenoxy) is 1. The van der Waals surface area contributed by atoms with Crippen LogP contribution in [0.2, 0.25) is 23.2 Å². The highest BCUT2D eigenvalue weighted by Gasteiger charge is 2.55. The molecule has 0 saturated carbocycles. The fourth-order valence-electron chi connectivity index (χ4n) is 2.63. The van der Waals surface area contributed by atoms with Crippen molar-refractivity contribution in [2.75, 3.05) is 0 Å². The Kier molecular flexibility index (Phi) is 7.82. The van der Waals surface area contributed by atoms with Gasteiger partial charge in [0.15, 0.2) is 23.9 Å². The Morgan fingerprint density at radius 1 is 0.897 bits per heavy atom. The first-order valence-electron chi connectivity index (χ1n) is 10.4. The van der Waals surface area contributed by atoms with Crippen LogP contribution in [0.3, 0.4) is 0 Å². The van der Waals surface area contributed by atoms with Gasteiger partial charge in [-0.1, -0.05) is 41.5 Å². The van der Waals surface area contributed by atoms with Crippen molar-refractivity contribution in [2.45, 2.75) is 116 Å². The number of rotatable bonds is 6. The minimum Gasteiger partial charge on any atom is -0.444 e. The molecule has 2 amide bonds. The first-order valence-corrected chi connectivity index (χ1v) is 14.8. The zero-order valence-electron chi connectivity index (χ0n) is 20.4. The standard InChI is InChI=1S/C20H42N2O5Si2/c1-17(2,3)25-16(24)21-13-14(22-15(13)23)20(10,26-28(11)18(4,5)6)27-29(12)19(7,8)9/h13-14,28-29H,1-12H3,(H,21,24)(H,22,23). The van der Waals surface area contributed by atoms with Crippen LogP contribution in [0.25, 0.3) is 0 Å². The quantitative estimate of drug-likeness (QED) is 0.371. The minimum absolute atomic E-state index is 0.0268. The normalized spacial score (nSPS) is 24.6. The number of carbonyl (C=O) groups is 2. The summed E-state index contributed by atoms with van der Waals surface area (Å²) in [6.07, 6.45) is -0.619. The zero-order chi connectivity index (χ0) is 23.0. The predicted octanol–water partition coefficient (Wildman–Crippen LogP) is 3.43. The molecule has 170 valence electrons. The number of hydrogen-bond acceptors (Lipinski definition) is 5. The van der Waals surface area contributed by atoms with Crippen molar-refractivity contribution in [3.05, 3.63) is 0 Å². The number of hydrogen-bond donors (Lipinski definition) is 2. The average molecular weight is 447 g/mol. The van der Waals surface area contributed by atoms with E-state index in [2.05, 4.69) is 65.3 Å². The molecule has 0 aromatic rings. The van der Waals surface area contributed by atoms with Gasteiger partial charge in [0.1, 0.15) is 17.7 Å². The minimum atomic E-state index is -1.68. The molecular formula is C20H42N2O5Si2. The SMILES string of the molecule is C[SiH](OC(C)(O[SiH](C)C(C)(C)C)C1NC(=O)C1NC(=O)OC(C)(C)C)C(C)(C)C. The van der Waals surface area contributed by atoms with E-state index in [-0.39, 0.29) is 16.0 Å². The van der Waals surface area contributed by atoms with Crippen LogP contribution >= 0.6 is 0 Å². The van der Waals surface area contributed by atoms with Crippen LogP contribution in [0.4, 0.5) is 4.79 Å². The summed E-state index contributed by atoms with van der Waals surface area (Å²) in [5, 5.41) is 5.65. The molecule has 0 radical (unpaired) electrons. The van der Waals surface area contributed by atoms with Gasteiger partial charge in [-0.05, 0) is 50.9 Å². The van der Waals surface area contributed by atoms with Crippen molar-refractivity contribution >= 4 is 30.1 Å². The Labute approximate surface area is 180 Å². The molecule has 29 heavy (non-hydrogen) atoms. The molecule has 0 aliphatic carbocycles. The molecule has 1 saturated heterocycles. The predicted molar refractivity (Wildman–Crippen MR) is 121 cm³/mol. The van der Waals surface area contributed by atoms with E-state index in [0.717, 1.165) is 0 Å². The van der Waals surface area contributed by atoms with Crippen molar-refractivity contribution in [2.24, 2.45) is 0 Å². The molecule has 0 aromatic heterocycles. The van der Waals surface area contributed by atoms with E-state index in [1.807, 2.05) is 6.92 Å². The van der Waals surface area contributed by atoms with E-state index in [0.29, 0.717) is 0 Å². The first kappa shape index (κ1) is 26.1. The van der Waals surface area contributed by atoms with Crippen LogP contribution in [0.15, 0.2) is 0 Å². The van der Waals surface area contributed by atoms with Crippen LogP contribution in [-0.2, 0) is 18.4 Å². The summed E-state index contributed by atoms with van der Waals surface area (Å²) in [6, 6.07) is -1.23. The number of alkyl carbamates (subject to hydrolysis) is 1. The van der Waals surface area contributed by atoms with Gasteiger partial charge in [-0.2, -0.15) is 0 Å². The van der Waals surface area contributed by atoms with E-state index in [4.69, 9.17) is 13.6 Å². The lowest BCUT2D eigenvalue weighted by Gasteiger charge is -2.51. The maximum absolute atomic E-state index is 12.3. The van der Waals surface area contributed by atoms with Crippen LogP contribution in [0, 0.1) is 0 Å². The van der Waals surface area contributed by atoms with Gasteiger partial charge >= 0.3 is 6.09 Å². The topological polar surface area (TPSA) is 85.9 Å². The van der Waals surface area contributed by atoms with E-state index >= 15 is 0 Å². The van der Waals surface area contributed by atoms with Crippen molar-refractivity contribution in [3.8, 4) is 0 Å². The summed E-state index contributed by atoms with van der Waals surface area (Å²) in [7, 11) is -3.36. The van der Waals surface area contributed by atoms with Crippen molar-refractivity contribution in [3.63, 3.8) is 0 Å². The maximum atomic E-state index is 12.3. The van der Waals surface area contributed by atoms with Gasteiger partial charge in [-0.15, -0.1) is 0 Å². The second kappa shape index (κ2) is 8.68. The Bertz CT molecular complexity index is 585. The van der Waals surface area contributed by atoms with Gasteiger partial charge in [0.05, 0.1) is 0 Å². The van der Waals surface area contributed by atoms with Crippen LogP contribution in [0.5, 0.6) is 0 Å². The van der Waals surface area contributed by atoms with Gasteiger partial charge in [0.2, 0.25) is 5.91 Å². The van der Waals surface area contributed by atoms with Crippen LogP contribution in [0.1, 0.15) is 69.2 Å². The number of carbonyl (C=O) groups excluding carboxylic acids is 2. The van der Waals surface area contributed by atoms with E-state index < -0.39 is 47.6 Å². The van der Waals surface area contributed by atoms with Gasteiger partial charge in [-0.25, -0.2) is 4.79 Å². The lowest BCUT2D eigenvalue weighted by atomic mass is 9.92. The fourth-order valence-corrected chi connectivity index (χ4v) is 5.26. The first-order chi connectivity index (χ1) is 12.8. The Morgan fingerprint density at radius 2 is 1.31 bits per heavy atom. The third-order valence-corrected chi connectivity index (χ3v) is 11.9. The molecule has 2 N–H and O–H groups in total. The molecule has 0 bridgehead atoms. The Hall–Kier alpha value is -0.906. The van der Waals surface area contributed by atoms with E-state index in [1.165, 1.54) is 0 Å². The van der Waals surface area contributed by atoms with Crippen molar-refractivity contribution in [1.82, 2.24) is 10.6 Å². The summed E-state index contributed by atoms with van der Waals surface area (Å²) in [5.74, 6) is -1.26. The summed E-state index contributed by atoms with van der Waals surface area (Å²) in [6.45, 7) is 24.5. The van der Waals surface area contributed by atoms with E-state index in [9.17, 15) is 9.59 Å². The molecule has 1 aliphatic heterocycles. The monoisotopic (exact) mass is 446 g/mol. The van der Waals surface area contributed by atoms with Gasteiger partial charge < -0.3 is 24.2 Å². The molecule has 1 fully saturated rings. The van der Waals surface area contributed by atoms with E-state index in [1.54, 1.807) is 20.8 Å². The summed E-state index contributed by atoms with van der Waals surface area (Å²) in [5.41, 5.74) is -0.641. The second-order valence-electron chi connectivity index (χ2n) is 11.4. The van der Waals surface area contributed by atoms with Gasteiger partial charge in [0, 0.05) is 0 Å². The lowest BCUT2D eigenvalue weighted by Crippen LogP contribution is -2.78. The smallest absolute Gasteiger partial charge is 0.408 e. The molecule has 1 aliphatic rings. The Morgan fingerprint density at radius 3 is 1.62 bits per heavy atom. The molecule has 0 spiro atoms. The largest absolute Gasteiger partial charge is 0.444 e. The highest BCUT2D eigenvalue weighted by Crippen LogP contribution is 2.37. The number of β-lactam (4-membered cyclic amide) rings is 1. The molecule has 1 rings (SSSR count). The summed E-state index contributed by atoms with van der Waals surface area (Å²) < 4.78 is 18.5. The third-order valence-electron chi connectivity index (χ3n) is 5.41. The molecule has 7 nitrogen and oxygen atoms in total. The van der Waals surface area contributed by atoms with Crippen molar-refractivity contribution in [1.29, 1.82) is 0 Å². The molecule has 4 unspecified atom stereocenters. The molecule has 1 heterocycles. The van der Waals surface area contributed by atoms with Crippen LogP contribution in [-0.4, -0.2) is 53.6 Å². The summed E-state index contributed by atoms with van der Waals surface area (Å²) in [4.78, 5) is 24.5. The average Bonchev–Trinajstić information content (AvgIpc) is 2.46. The van der Waals surface area contributed by atoms with Gasteiger partial charge in [-0.3, -0.25) is 4.79 Å². The highest BCUT2D eigenvalue weighted by atomic mass is 28.3. The number of nitrogens with one attached hydrogen (secondary N) is 2. The molecule has 4 atom stereocenters. The Balaban J connectivity index is 3.10. The number of amides is 2.